The van der Waals surface area contributed by atoms with Crippen LogP contribution in [-0.2, 0) is 6.54 Å². The monoisotopic (exact) mass is 184 g/mol. The number of nitrogens with two attached hydrogens (primary N) is 1. The molecule has 1 rings (SSSR count). The third-order valence-electron chi connectivity index (χ3n) is 1.85. The Kier molecular flexibility index (Phi) is 3.22. The van der Waals surface area contributed by atoms with Gasteiger partial charge in [-0.3, -0.25) is 11.3 Å². The van der Waals surface area contributed by atoms with Crippen molar-refractivity contribution in [2.45, 2.75) is 13.5 Å². The Morgan fingerprint density at radius 3 is 2.77 bits per heavy atom. The Balaban J connectivity index is 3.09. The number of rotatable bonds is 3. The van der Waals surface area contributed by atoms with Gasteiger partial charge in [0.05, 0.1) is 7.11 Å². The molecule has 0 aromatic heterocycles. The number of nitrogens with one attached hydrogen (secondary N) is 1. The topological polar surface area (TPSA) is 47.3 Å². The molecule has 0 spiro atoms. The van der Waals surface area contributed by atoms with Crippen molar-refractivity contribution in [1.82, 2.24) is 5.43 Å². The van der Waals surface area contributed by atoms with Gasteiger partial charge in [0, 0.05) is 12.1 Å². The van der Waals surface area contributed by atoms with E-state index in [2.05, 4.69) is 5.43 Å². The number of benzene rings is 1. The molecule has 0 saturated heterocycles. The summed E-state index contributed by atoms with van der Waals surface area (Å²) in [4.78, 5) is 0. The lowest BCUT2D eigenvalue weighted by Crippen LogP contribution is -2.21. The second-order valence-corrected chi connectivity index (χ2v) is 2.79. The number of hydrogen-bond acceptors (Lipinski definition) is 3. The molecule has 0 bridgehead atoms. The molecule has 0 aliphatic carbocycles. The number of methoxy groups -OCH3 is 1. The summed E-state index contributed by atoms with van der Waals surface area (Å²) in [6.45, 7) is 2.08. The molecule has 0 radical (unpaired) electrons. The van der Waals surface area contributed by atoms with Gasteiger partial charge in [-0.15, -0.1) is 0 Å². The summed E-state index contributed by atoms with van der Waals surface area (Å²) >= 11 is 0. The highest BCUT2D eigenvalue weighted by atomic mass is 19.1. The minimum atomic E-state index is -0.244. The highest BCUT2D eigenvalue weighted by Gasteiger charge is 2.06. The standard InChI is InChI=1S/C9H13FN2O/c1-6-3-9(13-2)7(5-12-11)4-8(6)10/h3-4,12H,5,11H2,1-2H3. The van der Waals surface area contributed by atoms with Crippen LogP contribution in [-0.4, -0.2) is 7.11 Å². The van der Waals surface area contributed by atoms with Crippen molar-refractivity contribution in [1.29, 1.82) is 0 Å². The predicted molar refractivity (Wildman–Crippen MR) is 48.7 cm³/mol. The zero-order valence-electron chi connectivity index (χ0n) is 7.73. The molecule has 3 nitrogen and oxygen atoms in total. The van der Waals surface area contributed by atoms with Crippen molar-refractivity contribution < 1.29 is 9.13 Å². The van der Waals surface area contributed by atoms with Crippen LogP contribution in [0.2, 0.25) is 0 Å². The van der Waals surface area contributed by atoms with E-state index in [4.69, 9.17) is 10.6 Å². The smallest absolute Gasteiger partial charge is 0.126 e. The van der Waals surface area contributed by atoms with Crippen LogP contribution in [0.25, 0.3) is 0 Å². The minimum Gasteiger partial charge on any atom is -0.496 e. The van der Waals surface area contributed by atoms with Gasteiger partial charge in [-0.1, -0.05) is 0 Å². The van der Waals surface area contributed by atoms with E-state index in [0.717, 1.165) is 0 Å². The summed E-state index contributed by atoms with van der Waals surface area (Å²) in [5.41, 5.74) is 3.74. The molecule has 0 unspecified atom stereocenters. The van der Waals surface area contributed by atoms with Gasteiger partial charge < -0.3 is 4.74 Å². The van der Waals surface area contributed by atoms with Crippen LogP contribution in [0.4, 0.5) is 4.39 Å². The molecular formula is C9H13FN2O. The van der Waals surface area contributed by atoms with Gasteiger partial charge in [-0.05, 0) is 24.6 Å². The van der Waals surface area contributed by atoms with Crippen LogP contribution in [0.3, 0.4) is 0 Å². The lowest BCUT2D eigenvalue weighted by Gasteiger charge is -2.09. The Morgan fingerprint density at radius 2 is 2.23 bits per heavy atom. The van der Waals surface area contributed by atoms with Crippen molar-refractivity contribution >= 4 is 0 Å². The van der Waals surface area contributed by atoms with E-state index >= 15 is 0 Å². The highest BCUT2D eigenvalue weighted by Crippen LogP contribution is 2.21. The molecule has 0 amide bonds. The van der Waals surface area contributed by atoms with E-state index in [1.54, 1.807) is 20.1 Å². The number of ether oxygens (including phenoxy) is 1. The highest BCUT2D eigenvalue weighted by molar-refractivity contribution is 5.37. The average Bonchev–Trinajstić information content (AvgIpc) is 2.11. The predicted octanol–water partition coefficient (Wildman–Crippen LogP) is 1.11. The molecule has 0 atom stereocenters. The lowest BCUT2D eigenvalue weighted by molar-refractivity contribution is 0.406. The van der Waals surface area contributed by atoms with Gasteiger partial charge in [-0.25, -0.2) is 4.39 Å². The third kappa shape index (κ3) is 2.17. The van der Waals surface area contributed by atoms with Crippen LogP contribution in [0.5, 0.6) is 5.75 Å². The molecule has 0 heterocycles. The van der Waals surface area contributed by atoms with Crippen molar-refractivity contribution in [3.8, 4) is 5.75 Å². The fourth-order valence-electron chi connectivity index (χ4n) is 1.13. The summed E-state index contributed by atoms with van der Waals surface area (Å²) in [5.74, 6) is 5.55. The quantitative estimate of drug-likeness (QED) is 0.546. The Hall–Kier alpha value is -1.13. The Bertz CT molecular complexity index is 302. The molecule has 1 aromatic rings. The first-order valence-corrected chi connectivity index (χ1v) is 3.95. The van der Waals surface area contributed by atoms with Crippen LogP contribution in [0, 0.1) is 12.7 Å². The summed E-state index contributed by atoms with van der Waals surface area (Å²) in [6, 6.07) is 3.08. The molecule has 0 saturated carbocycles. The maximum atomic E-state index is 13.1. The molecule has 4 heteroatoms. The van der Waals surface area contributed by atoms with E-state index in [-0.39, 0.29) is 5.82 Å². The molecule has 13 heavy (non-hydrogen) atoms. The first-order chi connectivity index (χ1) is 6.19. The molecule has 3 N–H and O–H groups in total. The molecule has 0 fully saturated rings. The van der Waals surface area contributed by atoms with Gasteiger partial charge in [-0.2, -0.15) is 0 Å². The van der Waals surface area contributed by atoms with Crippen molar-refractivity contribution in [2.75, 3.05) is 7.11 Å². The van der Waals surface area contributed by atoms with E-state index in [9.17, 15) is 4.39 Å². The van der Waals surface area contributed by atoms with Crippen LogP contribution in [0.15, 0.2) is 12.1 Å². The fourth-order valence-corrected chi connectivity index (χ4v) is 1.13. The molecule has 72 valence electrons. The zero-order chi connectivity index (χ0) is 9.84. The van der Waals surface area contributed by atoms with Crippen LogP contribution in [0.1, 0.15) is 11.1 Å². The van der Waals surface area contributed by atoms with E-state index in [1.807, 2.05) is 0 Å². The van der Waals surface area contributed by atoms with Crippen molar-refractivity contribution in [3.05, 3.63) is 29.1 Å². The Morgan fingerprint density at radius 1 is 1.54 bits per heavy atom. The molecular weight excluding hydrogens is 171 g/mol. The number of aryl methyl sites for hydroxylation is 1. The average molecular weight is 184 g/mol. The molecule has 1 aromatic carbocycles. The summed E-state index contributed by atoms with van der Waals surface area (Å²) in [7, 11) is 1.55. The SMILES string of the molecule is COc1cc(C)c(F)cc1CNN. The Labute approximate surface area is 76.7 Å². The second-order valence-electron chi connectivity index (χ2n) is 2.79. The van der Waals surface area contributed by atoms with Gasteiger partial charge in [0.2, 0.25) is 0 Å². The van der Waals surface area contributed by atoms with Crippen LogP contribution < -0.4 is 16.0 Å². The first-order valence-electron chi connectivity index (χ1n) is 3.95. The second kappa shape index (κ2) is 4.20. The minimum absolute atomic E-state index is 0.244. The molecule has 0 aliphatic heterocycles. The maximum Gasteiger partial charge on any atom is 0.126 e. The van der Waals surface area contributed by atoms with E-state index in [0.29, 0.717) is 23.4 Å². The summed E-state index contributed by atoms with van der Waals surface area (Å²) in [5, 5.41) is 0. The first kappa shape index (κ1) is 9.95. The van der Waals surface area contributed by atoms with E-state index < -0.39 is 0 Å². The molecule has 0 aliphatic rings. The zero-order valence-corrected chi connectivity index (χ0v) is 7.73. The lowest BCUT2D eigenvalue weighted by atomic mass is 10.1. The number of hydrogen-bond donors (Lipinski definition) is 2. The summed E-state index contributed by atoms with van der Waals surface area (Å²) < 4.78 is 18.2. The fraction of sp³-hybridized carbons (Fsp3) is 0.333. The summed E-state index contributed by atoms with van der Waals surface area (Å²) in [6.07, 6.45) is 0. The van der Waals surface area contributed by atoms with Crippen LogP contribution >= 0.6 is 0 Å². The van der Waals surface area contributed by atoms with Crippen molar-refractivity contribution in [2.24, 2.45) is 5.84 Å². The van der Waals surface area contributed by atoms with E-state index in [1.165, 1.54) is 6.07 Å². The maximum absolute atomic E-state index is 13.1. The number of hydrazine groups is 1. The van der Waals surface area contributed by atoms with Gasteiger partial charge in [0.1, 0.15) is 11.6 Å². The third-order valence-corrected chi connectivity index (χ3v) is 1.85. The number of halogens is 1. The largest absolute Gasteiger partial charge is 0.496 e. The van der Waals surface area contributed by atoms with Crippen molar-refractivity contribution in [3.63, 3.8) is 0 Å². The van der Waals surface area contributed by atoms with Gasteiger partial charge in [0.15, 0.2) is 0 Å². The van der Waals surface area contributed by atoms with Gasteiger partial charge in [0.25, 0.3) is 0 Å². The normalized spacial score (nSPS) is 10.2. The van der Waals surface area contributed by atoms with Gasteiger partial charge >= 0.3 is 0 Å².